The summed E-state index contributed by atoms with van der Waals surface area (Å²) < 4.78 is 5.00. The lowest BCUT2D eigenvalue weighted by molar-refractivity contribution is -0.126. The second-order valence-electron chi connectivity index (χ2n) is 6.65. The van der Waals surface area contributed by atoms with E-state index in [9.17, 15) is 14.4 Å². The van der Waals surface area contributed by atoms with Crippen LogP contribution < -0.4 is 15.5 Å². The lowest BCUT2D eigenvalue weighted by atomic mass is 10.1. The van der Waals surface area contributed by atoms with Gasteiger partial charge >= 0.3 is 0 Å². The average molecular weight is 369 g/mol. The van der Waals surface area contributed by atoms with Gasteiger partial charge in [-0.1, -0.05) is 12.1 Å². The Morgan fingerprint density at radius 3 is 2.67 bits per heavy atom. The van der Waals surface area contributed by atoms with Crippen LogP contribution in [0.4, 0.5) is 5.69 Å². The van der Waals surface area contributed by atoms with Crippen LogP contribution in [0.1, 0.15) is 28.1 Å². The van der Waals surface area contributed by atoms with Crippen LogP contribution in [0.3, 0.4) is 0 Å². The van der Waals surface area contributed by atoms with Crippen molar-refractivity contribution in [1.29, 1.82) is 0 Å². The van der Waals surface area contributed by atoms with Crippen LogP contribution in [0.5, 0.6) is 0 Å². The Balaban J connectivity index is 1.49. The summed E-state index contributed by atoms with van der Waals surface area (Å²) in [5.74, 6) is -0.713. The molecular weight excluding hydrogens is 346 g/mol. The molecule has 2 N–H and O–H groups in total. The molecule has 0 bridgehead atoms. The van der Waals surface area contributed by atoms with E-state index in [4.69, 9.17) is 4.42 Å². The van der Waals surface area contributed by atoms with Crippen LogP contribution in [0.15, 0.2) is 41.0 Å². The van der Waals surface area contributed by atoms with Gasteiger partial charge in [0.15, 0.2) is 5.76 Å². The molecule has 27 heavy (non-hydrogen) atoms. The average Bonchev–Trinajstić information content (AvgIpc) is 3.31. The van der Waals surface area contributed by atoms with Gasteiger partial charge in [-0.05, 0) is 43.2 Å². The summed E-state index contributed by atoms with van der Waals surface area (Å²) in [5, 5.41) is 5.44. The SMILES string of the molecule is Cc1cccc(N2C[C@H](C(=O)NCCNC(=O)c3ccco3)CC2=O)c1C. The van der Waals surface area contributed by atoms with Gasteiger partial charge < -0.3 is 20.0 Å². The molecule has 0 aliphatic carbocycles. The summed E-state index contributed by atoms with van der Waals surface area (Å²) in [7, 11) is 0. The van der Waals surface area contributed by atoms with Crippen LogP contribution in [-0.2, 0) is 9.59 Å². The van der Waals surface area contributed by atoms with Crippen molar-refractivity contribution in [3.8, 4) is 0 Å². The molecule has 0 unspecified atom stereocenters. The first-order valence-electron chi connectivity index (χ1n) is 8.93. The van der Waals surface area contributed by atoms with E-state index in [1.807, 2.05) is 32.0 Å². The molecule has 3 rings (SSSR count). The lowest BCUT2D eigenvalue weighted by Gasteiger charge is -2.20. The number of anilines is 1. The Bertz CT molecular complexity index is 845. The predicted octanol–water partition coefficient (Wildman–Crippen LogP) is 1.80. The van der Waals surface area contributed by atoms with Crippen LogP contribution in [0.25, 0.3) is 0 Å². The van der Waals surface area contributed by atoms with Gasteiger partial charge in [0.05, 0.1) is 12.2 Å². The highest BCUT2D eigenvalue weighted by atomic mass is 16.3. The lowest BCUT2D eigenvalue weighted by Crippen LogP contribution is -2.38. The number of benzene rings is 1. The first-order valence-corrected chi connectivity index (χ1v) is 8.93. The molecule has 1 atom stereocenters. The highest BCUT2D eigenvalue weighted by molar-refractivity contribution is 6.01. The topological polar surface area (TPSA) is 91.7 Å². The molecule has 7 heteroatoms. The molecule has 1 aromatic heterocycles. The van der Waals surface area contributed by atoms with Crippen molar-refractivity contribution < 1.29 is 18.8 Å². The summed E-state index contributed by atoms with van der Waals surface area (Å²) >= 11 is 0. The number of hydrogen-bond donors (Lipinski definition) is 2. The molecular formula is C20H23N3O4. The van der Waals surface area contributed by atoms with Crippen molar-refractivity contribution in [3.63, 3.8) is 0 Å². The third kappa shape index (κ3) is 4.19. The maximum atomic E-state index is 12.4. The van der Waals surface area contributed by atoms with Gasteiger partial charge in [-0.3, -0.25) is 14.4 Å². The van der Waals surface area contributed by atoms with Crippen LogP contribution >= 0.6 is 0 Å². The number of nitrogens with zero attached hydrogens (tertiary/aromatic N) is 1. The van der Waals surface area contributed by atoms with Gasteiger partial charge in [-0.15, -0.1) is 0 Å². The van der Waals surface area contributed by atoms with Gasteiger partial charge in [0.25, 0.3) is 5.91 Å². The molecule has 1 aromatic carbocycles. The maximum absolute atomic E-state index is 12.4. The number of rotatable bonds is 6. The molecule has 2 aromatic rings. The molecule has 3 amide bonds. The molecule has 1 aliphatic rings. The Labute approximate surface area is 157 Å². The van der Waals surface area contributed by atoms with Crippen LogP contribution in [0.2, 0.25) is 0 Å². The van der Waals surface area contributed by atoms with Crippen molar-refractivity contribution in [3.05, 3.63) is 53.5 Å². The van der Waals surface area contributed by atoms with E-state index in [2.05, 4.69) is 10.6 Å². The Morgan fingerprint density at radius 2 is 1.93 bits per heavy atom. The highest BCUT2D eigenvalue weighted by Gasteiger charge is 2.35. The molecule has 1 saturated heterocycles. The molecule has 2 heterocycles. The van der Waals surface area contributed by atoms with E-state index in [-0.39, 0.29) is 36.4 Å². The summed E-state index contributed by atoms with van der Waals surface area (Å²) in [6.45, 7) is 4.92. The fourth-order valence-electron chi connectivity index (χ4n) is 3.14. The third-order valence-corrected chi connectivity index (χ3v) is 4.82. The van der Waals surface area contributed by atoms with E-state index in [1.54, 1.807) is 17.0 Å². The van der Waals surface area contributed by atoms with Crippen molar-refractivity contribution in [2.24, 2.45) is 5.92 Å². The van der Waals surface area contributed by atoms with Crippen molar-refractivity contribution >= 4 is 23.4 Å². The summed E-state index contributed by atoms with van der Waals surface area (Å²) in [4.78, 5) is 38.2. The Morgan fingerprint density at radius 1 is 1.15 bits per heavy atom. The van der Waals surface area contributed by atoms with Crippen LogP contribution in [0, 0.1) is 19.8 Å². The Hall–Kier alpha value is -3.09. The molecule has 0 saturated carbocycles. The number of aryl methyl sites for hydroxylation is 1. The van der Waals surface area contributed by atoms with Crippen molar-refractivity contribution in [2.45, 2.75) is 20.3 Å². The number of amides is 3. The summed E-state index contributed by atoms with van der Waals surface area (Å²) in [6.07, 6.45) is 1.62. The predicted molar refractivity (Wildman–Crippen MR) is 100 cm³/mol. The standard InChI is InChI=1S/C20H23N3O4/c1-13-5-3-6-16(14(13)2)23-12-15(11-18(23)24)19(25)21-8-9-22-20(26)17-7-4-10-27-17/h3-7,10,15H,8-9,11-12H2,1-2H3,(H,21,25)(H,22,26)/t15-/m1/s1. The molecule has 7 nitrogen and oxygen atoms in total. The third-order valence-electron chi connectivity index (χ3n) is 4.82. The zero-order valence-electron chi connectivity index (χ0n) is 15.5. The second-order valence-corrected chi connectivity index (χ2v) is 6.65. The second kappa shape index (κ2) is 8.07. The molecule has 0 radical (unpaired) electrons. The fourth-order valence-corrected chi connectivity index (χ4v) is 3.14. The summed E-state index contributed by atoms with van der Waals surface area (Å²) in [6, 6.07) is 9.03. The van der Waals surface area contributed by atoms with Gasteiger partial charge in [0.1, 0.15) is 0 Å². The summed E-state index contributed by atoms with van der Waals surface area (Å²) in [5.41, 5.74) is 3.02. The molecule has 0 spiro atoms. The van der Waals surface area contributed by atoms with E-state index >= 15 is 0 Å². The zero-order chi connectivity index (χ0) is 19.4. The van der Waals surface area contributed by atoms with Gasteiger partial charge in [-0.2, -0.15) is 0 Å². The van der Waals surface area contributed by atoms with Crippen molar-refractivity contribution in [1.82, 2.24) is 10.6 Å². The Kier molecular flexibility index (Phi) is 5.59. The van der Waals surface area contributed by atoms with Crippen molar-refractivity contribution in [2.75, 3.05) is 24.5 Å². The van der Waals surface area contributed by atoms with E-state index in [1.165, 1.54) is 6.26 Å². The van der Waals surface area contributed by atoms with E-state index in [0.717, 1.165) is 16.8 Å². The minimum atomic E-state index is -0.391. The number of hydrogen-bond acceptors (Lipinski definition) is 4. The number of furan rings is 1. The minimum Gasteiger partial charge on any atom is -0.459 e. The number of nitrogens with one attached hydrogen (secondary N) is 2. The minimum absolute atomic E-state index is 0.0463. The maximum Gasteiger partial charge on any atom is 0.287 e. The molecule has 1 fully saturated rings. The zero-order valence-corrected chi connectivity index (χ0v) is 15.5. The fraction of sp³-hybridized carbons (Fsp3) is 0.350. The molecule has 1 aliphatic heterocycles. The quantitative estimate of drug-likeness (QED) is 0.760. The number of carbonyl (C=O) groups is 3. The highest BCUT2D eigenvalue weighted by Crippen LogP contribution is 2.29. The smallest absolute Gasteiger partial charge is 0.287 e. The normalized spacial score (nSPS) is 16.4. The van der Waals surface area contributed by atoms with Gasteiger partial charge in [0.2, 0.25) is 11.8 Å². The van der Waals surface area contributed by atoms with Gasteiger partial charge in [-0.25, -0.2) is 0 Å². The van der Waals surface area contributed by atoms with E-state index in [0.29, 0.717) is 13.1 Å². The first kappa shape index (κ1) is 18.7. The first-order chi connectivity index (χ1) is 13.0. The molecule has 142 valence electrons. The monoisotopic (exact) mass is 369 g/mol. The van der Waals surface area contributed by atoms with Gasteiger partial charge in [0, 0.05) is 31.7 Å². The van der Waals surface area contributed by atoms with Crippen LogP contribution in [-0.4, -0.2) is 37.4 Å². The largest absolute Gasteiger partial charge is 0.459 e. The number of carbonyl (C=O) groups excluding carboxylic acids is 3. The van der Waals surface area contributed by atoms with E-state index < -0.39 is 5.92 Å².